The molecule has 0 radical (unpaired) electrons. The van der Waals surface area contributed by atoms with Crippen molar-refractivity contribution in [2.45, 2.75) is 35.7 Å². The van der Waals surface area contributed by atoms with Gasteiger partial charge in [0.05, 0.1) is 6.04 Å². The highest BCUT2D eigenvalue weighted by Crippen LogP contribution is 2.38. The van der Waals surface area contributed by atoms with Gasteiger partial charge in [0.1, 0.15) is 11.4 Å². The van der Waals surface area contributed by atoms with Crippen molar-refractivity contribution in [3.05, 3.63) is 48.0 Å². The maximum absolute atomic E-state index is 14.1. The van der Waals surface area contributed by atoms with Gasteiger partial charge in [-0.25, -0.2) is 4.39 Å². The molecule has 1 aromatic carbocycles. The van der Waals surface area contributed by atoms with Gasteiger partial charge in [-0.05, 0) is 50.0 Å². The lowest BCUT2D eigenvalue weighted by molar-refractivity contribution is -0.132. The van der Waals surface area contributed by atoms with Crippen LogP contribution in [0.25, 0.3) is 0 Å². The van der Waals surface area contributed by atoms with E-state index in [1.165, 1.54) is 17.8 Å². The first-order valence-corrected chi connectivity index (χ1v) is 9.62. The molecule has 132 valence electrons. The highest BCUT2D eigenvalue weighted by Gasteiger charge is 2.43. The van der Waals surface area contributed by atoms with Crippen LogP contribution in [0.2, 0.25) is 0 Å². The molecule has 1 aromatic heterocycles. The zero-order chi connectivity index (χ0) is 17.3. The fourth-order valence-electron chi connectivity index (χ4n) is 3.75. The second-order valence-electron chi connectivity index (χ2n) is 6.55. The van der Waals surface area contributed by atoms with Crippen molar-refractivity contribution in [1.82, 2.24) is 20.4 Å². The Morgan fingerprint density at radius 3 is 2.96 bits per heavy atom. The zero-order valence-corrected chi connectivity index (χ0v) is 14.7. The normalized spacial score (nSPS) is 22.2. The second kappa shape index (κ2) is 6.80. The van der Waals surface area contributed by atoms with Crippen LogP contribution < -0.4 is 10.6 Å². The molecular formula is C18H21FN4OS. The molecule has 2 aromatic rings. The van der Waals surface area contributed by atoms with Crippen molar-refractivity contribution >= 4 is 17.7 Å². The van der Waals surface area contributed by atoms with E-state index in [2.05, 4.69) is 15.7 Å². The van der Waals surface area contributed by atoms with Crippen molar-refractivity contribution < 1.29 is 9.18 Å². The number of nitrogens with one attached hydrogen (secondary N) is 2. The Balaban J connectivity index is 1.62. The van der Waals surface area contributed by atoms with Gasteiger partial charge in [0, 0.05) is 23.0 Å². The van der Waals surface area contributed by atoms with E-state index < -0.39 is 5.54 Å². The molecule has 1 saturated heterocycles. The van der Waals surface area contributed by atoms with Crippen LogP contribution in [-0.4, -0.2) is 34.5 Å². The quantitative estimate of drug-likeness (QED) is 0.883. The van der Waals surface area contributed by atoms with Crippen LogP contribution in [0.3, 0.4) is 0 Å². The number of amides is 1. The summed E-state index contributed by atoms with van der Waals surface area (Å²) in [6.45, 7) is 1.55. The lowest BCUT2D eigenvalue weighted by atomic mass is 9.86. The second-order valence-corrected chi connectivity index (χ2v) is 7.66. The van der Waals surface area contributed by atoms with Gasteiger partial charge >= 0.3 is 0 Å². The number of carbonyl (C=O) groups is 1. The number of fused-ring (bicyclic) bond motifs is 1. The van der Waals surface area contributed by atoms with Crippen molar-refractivity contribution in [3.8, 4) is 0 Å². The Labute approximate surface area is 150 Å². The lowest BCUT2D eigenvalue weighted by Crippen LogP contribution is -2.55. The smallest absolute Gasteiger partial charge is 0.248 e. The number of piperidine rings is 1. The van der Waals surface area contributed by atoms with Crippen LogP contribution >= 0.6 is 11.8 Å². The Kier molecular flexibility index (Phi) is 4.52. The van der Waals surface area contributed by atoms with Gasteiger partial charge in [-0.3, -0.25) is 9.48 Å². The third kappa shape index (κ3) is 2.95. The molecule has 3 heterocycles. The third-order valence-corrected chi connectivity index (χ3v) is 6.29. The molecule has 7 heteroatoms. The highest BCUT2D eigenvalue weighted by molar-refractivity contribution is 7.99. The summed E-state index contributed by atoms with van der Waals surface area (Å²) in [5.41, 5.74) is 0.210. The molecule has 1 fully saturated rings. The third-order valence-electron chi connectivity index (χ3n) is 5.13. The van der Waals surface area contributed by atoms with Gasteiger partial charge in [-0.2, -0.15) is 5.10 Å². The Hall–Kier alpha value is -1.86. The van der Waals surface area contributed by atoms with Crippen molar-refractivity contribution in [2.75, 3.05) is 18.8 Å². The summed E-state index contributed by atoms with van der Waals surface area (Å²) in [6.07, 6.45) is 5.75. The molecule has 4 rings (SSSR count). The fraction of sp³-hybridized carbons (Fsp3) is 0.444. The molecule has 5 nitrogen and oxygen atoms in total. The van der Waals surface area contributed by atoms with E-state index in [1.54, 1.807) is 16.9 Å². The number of nitrogens with zero attached hydrogens (tertiary/aromatic N) is 2. The molecule has 0 spiro atoms. The summed E-state index contributed by atoms with van der Waals surface area (Å²) < 4.78 is 15.9. The molecule has 1 unspecified atom stereocenters. The summed E-state index contributed by atoms with van der Waals surface area (Å²) in [7, 11) is 0. The van der Waals surface area contributed by atoms with Crippen LogP contribution in [0, 0.1) is 5.82 Å². The Morgan fingerprint density at radius 1 is 1.36 bits per heavy atom. The largest absolute Gasteiger partial charge is 0.347 e. The van der Waals surface area contributed by atoms with E-state index in [1.807, 2.05) is 18.3 Å². The number of rotatable bonds is 3. The SMILES string of the molecule is O=C(NC1CCSc2c(F)cccc21)C1(n2cccn2)CCNCC1. The van der Waals surface area contributed by atoms with Gasteiger partial charge in [0.25, 0.3) is 0 Å². The van der Waals surface area contributed by atoms with E-state index in [0.717, 1.165) is 30.8 Å². The molecule has 2 aliphatic rings. The van der Waals surface area contributed by atoms with Gasteiger partial charge in [-0.15, -0.1) is 11.8 Å². The van der Waals surface area contributed by atoms with E-state index in [4.69, 9.17) is 0 Å². The lowest BCUT2D eigenvalue weighted by Gasteiger charge is -2.38. The number of aromatic nitrogens is 2. The number of hydrogen-bond acceptors (Lipinski definition) is 4. The number of thioether (sulfide) groups is 1. The number of carbonyl (C=O) groups excluding carboxylic acids is 1. The maximum atomic E-state index is 14.1. The molecule has 25 heavy (non-hydrogen) atoms. The summed E-state index contributed by atoms with van der Waals surface area (Å²) in [4.78, 5) is 13.9. The van der Waals surface area contributed by atoms with Gasteiger partial charge in [0.15, 0.2) is 0 Å². The predicted molar refractivity (Wildman–Crippen MR) is 94.9 cm³/mol. The van der Waals surface area contributed by atoms with Crippen LogP contribution in [0.5, 0.6) is 0 Å². The predicted octanol–water partition coefficient (Wildman–Crippen LogP) is 2.45. The standard InChI is InChI=1S/C18H21FN4OS/c19-14-4-1-3-13-15(5-12-25-16(13)14)22-17(24)18(6-9-20-10-7-18)23-11-2-8-21-23/h1-4,8,11,15,20H,5-7,9-10,12H2,(H,22,24). The van der Waals surface area contributed by atoms with E-state index in [-0.39, 0.29) is 17.8 Å². The minimum Gasteiger partial charge on any atom is -0.347 e. The van der Waals surface area contributed by atoms with Crippen molar-refractivity contribution in [1.29, 1.82) is 0 Å². The Bertz CT molecular complexity index is 758. The molecular weight excluding hydrogens is 339 g/mol. The van der Waals surface area contributed by atoms with Gasteiger partial charge in [0.2, 0.25) is 5.91 Å². The zero-order valence-electron chi connectivity index (χ0n) is 13.9. The van der Waals surface area contributed by atoms with E-state index in [0.29, 0.717) is 17.7 Å². The van der Waals surface area contributed by atoms with E-state index >= 15 is 0 Å². The number of hydrogen-bond donors (Lipinski definition) is 2. The van der Waals surface area contributed by atoms with Crippen LogP contribution in [0.1, 0.15) is 30.9 Å². The van der Waals surface area contributed by atoms with Gasteiger partial charge < -0.3 is 10.6 Å². The first kappa shape index (κ1) is 16.6. The van der Waals surface area contributed by atoms with Gasteiger partial charge in [-0.1, -0.05) is 12.1 Å². The topological polar surface area (TPSA) is 59.0 Å². The highest BCUT2D eigenvalue weighted by atomic mass is 32.2. The summed E-state index contributed by atoms with van der Waals surface area (Å²) >= 11 is 1.52. The monoisotopic (exact) mass is 360 g/mol. The minimum atomic E-state index is -0.674. The Morgan fingerprint density at radius 2 is 2.20 bits per heavy atom. The molecule has 2 aliphatic heterocycles. The van der Waals surface area contributed by atoms with Crippen LogP contribution in [0.15, 0.2) is 41.6 Å². The first-order valence-electron chi connectivity index (χ1n) is 8.64. The first-order chi connectivity index (χ1) is 12.2. The van der Waals surface area contributed by atoms with E-state index in [9.17, 15) is 9.18 Å². The fourth-order valence-corrected chi connectivity index (χ4v) is 4.89. The molecule has 1 atom stereocenters. The average Bonchev–Trinajstić information content (AvgIpc) is 3.18. The minimum absolute atomic E-state index is 0.0233. The summed E-state index contributed by atoms with van der Waals surface area (Å²) in [5.74, 6) is 0.574. The van der Waals surface area contributed by atoms with Crippen LogP contribution in [-0.2, 0) is 10.3 Å². The molecule has 0 aliphatic carbocycles. The summed E-state index contributed by atoms with van der Waals surface area (Å²) in [6, 6.07) is 6.81. The molecule has 0 bridgehead atoms. The summed E-state index contributed by atoms with van der Waals surface area (Å²) in [5, 5.41) is 10.9. The maximum Gasteiger partial charge on any atom is 0.248 e. The van der Waals surface area contributed by atoms with Crippen LogP contribution in [0.4, 0.5) is 4.39 Å². The molecule has 2 N–H and O–H groups in total. The van der Waals surface area contributed by atoms with Crippen molar-refractivity contribution in [2.24, 2.45) is 0 Å². The number of halogens is 1. The number of benzene rings is 1. The molecule has 0 saturated carbocycles. The average molecular weight is 360 g/mol. The molecule has 1 amide bonds. The van der Waals surface area contributed by atoms with Crippen molar-refractivity contribution in [3.63, 3.8) is 0 Å².